The average Bonchev–Trinajstić information content (AvgIpc) is 3.25. The van der Waals surface area contributed by atoms with E-state index >= 15 is 0 Å². The summed E-state index contributed by atoms with van der Waals surface area (Å²) >= 11 is 6.53. The molecule has 11 heteroatoms. The fraction of sp³-hybridized carbons (Fsp3) is 0.628. The Morgan fingerprint density at radius 3 is 2.63 bits per heavy atom. The molecule has 294 valence electrons. The van der Waals surface area contributed by atoms with Crippen LogP contribution in [0.5, 0.6) is 5.75 Å². The number of benzene rings is 2. The lowest BCUT2D eigenvalue weighted by Crippen LogP contribution is -2.61. The minimum Gasteiger partial charge on any atom is -0.490 e. The highest BCUT2D eigenvalue weighted by atomic mass is 35.5. The molecule has 1 unspecified atom stereocenters. The number of amides is 1. The third kappa shape index (κ3) is 7.60. The third-order valence-electron chi connectivity index (χ3n) is 13.6. The van der Waals surface area contributed by atoms with Crippen LogP contribution < -0.4 is 14.4 Å². The van der Waals surface area contributed by atoms with Crippen LogP contribution in [-0.4, -0.2) is 115 Å². The molecule has 2 saturated heterocycles. The van der Waals surface area contributed by atoms with Gasteiger partial charge >= 0.3 is 0 Å². The van der Waals surface area contributed by atoms with Crippen molar-refractivity contribution in [3.05, 3.63) is 70.3 Å². The molecule has 2 bridgehead atoms. The van der Waals surface area contributed by atoms with Gasteiger partial charge in [-0.2, -0.15) is 0 Å². The minimum atomic E-state index is -2.91. The second kappa shape index (κ2) is 15.4. The summed E-state index contributed by atoms with van der Waals surface area (Å²) in [5, 5.41) is 0.770. The second-order valence-electron chi connectivity index (χ2n) is 17.2. The number of piperazine rings is 1. The summed E-state index contributed by atoms with van der Waals surface area (Å²) in [7, 11) is -2.91. The Kier molecular flexibility index (Phi) is 10.9. The molecular weight excluding hydrogens is 720 g/mol. The highest BCUT2D eigenvalue weighted by Gasteiger charge is 2.50. The molecule has 8 rings (SSSR count). The average molecular weight is 779 g/mol. The fourth-order valence-corrected chi connectivity index (χ4v) is 12.0. The van der Waals surface area contributed by atoms with Crippen molar-refractivity contribution in [1.82, 2.24) is 14.5 Å². The van der Waals surface area contributed by atoms with Gasteiger partial charge in [0.15, 0.2) is 0 Å². The summed E-state index contributed by atoms with van der Waals surface area (Å²) in [6, 6.07) is 12.6. The molecule has 7 atom stereocenters. The number of aryl methyl sites for hydroxylation is 1. The van der Waals surface area contributed by atoms with Crippen molar-refractivity contribution in [2.24, 2.45) is 23.7 Å². The fourth-order valence-electron chi connectivity index (χ4n) is 10.2. The zero-order valence-electron chi connectivity index (χ0n) is 32.4. The van der Waals surface area contributed by atoms with E-state index in [1.54, 1.807) is 6.07 Å². The van der Waals surface area contributed by atoms with E-state index in [0.29, 0.717) is 36.7 Å². The maximum absolute atomic E-state index is 13.9. The van der Waals surface area contributed by atoms with Crippen molar-refractivity contribution < 1.29 is 23.2 Å². The molecule has 6 aliphatic rings. The first kappa shape index (κ1) is 38.3. The molecule has 2 aliphatic carbocycles. The van der Waals surface area contributed by atoms with Gasteiger partial charge in [0.1, 0.15) is 11.4 Å². The number of rotatable bonds is 5. The largest absolute Gasteiger partial charge is 0.490 e. The van der Waals surface area contributed by atoms with E-state index in [-0.39, 0.29) is 28.9 Å². The van der Waals surface area contributed by atoms with Crippen LogP contribution in [0.1, 0.15) is 67.9 Å². The van der Waals surface area contributed by atoms with Crippen LogP contribution in [0.25, 0.3) is 0 Å². The molecule has 9 nitrogen and oxygen atoms in total. The van der Waals surface area contributed by atoms with E-state index in [9.17, 15) is 9.00 Å². The summed E-state index contributed by atoms with van der Waals surface area (Å²) in [4.78, 5) is 21.5. The van der Waals surface area contributed by atoms with Gasteiger partial charge in [-0.3, -0.25) is 19.3 Å². The van der Waals surface area contributed by atoms with Gasteiger partial charge in [-0.05, 0) is 110 Å². The SMILES string of the molecule is C=S1(=O)C[C@@H](C)[C@@H](C)/C=C/[C@@](CN2CCN(C3COC3)CC2)(OCC)[C@@H]2CC[C@H]2CN2C[C@@]3(CCCc4cc(Cl)ccc43)COc3ccc(cc32)C(=O)N1. The van der Waals surface area contributed by atoms with Crippen LogP contribution in [0, 0.1) is 23.7 Å². The van der Waals surface area contributed by atoms with Crippen LogP contribution in [-0.2, 0) is 31.0 Å². The number of carbonyl (C=O) groups is 1. The number of hydrogen-bond donors (Lipinski definition) is 1. The topological polar surface area (TPSA) is 83.6 Å². The number of fused-ring (bicyclic) bond motifs is 4. The van der Waals surface area contributed by atoms with E-state index < -0.39 is 15.3 Å². The molecule has 1 saturated carbocycles. The lowest BCUT2D eigenvalue weighted by Gasteiger charge is -2.53. The number of carbonyl (C=O) groups excluding carboxylic acids is 1. The molecule has 4 aliphatic heterocycles. The number of anilines is 1. The summed E-state index contributed by atoms with van der Waals surface area (Å²) < 4.78 is 36.1. The van der Waals surface area contributed by atoms with Gasteiger partial charge in [-0.25, -0.2) is 4.21 Å². The molecule has 2 aromatic carbocycles. The van der Waals surface area contributed by atoms with Crippen LogP contribution in [0.4, 0.5) is 5.69 Å². The van der Waals surface area contributed by atoms with Crippen molar-refractivity contribution in [2.45, 2.75) is 69.9 Å². The van der Waals surface area contributed by atoms with Crippen LogP contribution in [0.3, 0.4) is 0 Å². The van der Waals surface area contributed by atoms with E-state index in [1.807, 2.05) is 18.2 Å². The maximum Gasteiger partial charge on any atom is 0.262 e. The molecule has 4 heterocycles. The summed E-state index contributed by atoms with van der Waals surface area (Å²) in [6.45, 7) is 15.9. The van der Waals surface area contributed by atoms with Crippen LogP contribution in [0.2, 0.25) is 5.02 Å². The van der Waals surface area contributed by atoms with Gasteiger partial charge in [-0.1, -0.05) is 43.7 Å². The Balaban J connectivity index is 1.18. The molecule has 3 fully saturated rings. The maximum atomic E-state index is 13.9. The van der Waals surface area contributed by atoms with Gasteiger partial charge in [0.25, 0.3) is 5.91 Å². The second-order valence-corrected chi connectivity index (χ2v) is 19.8. The first-order valence-corrected chi connectivity index (χ1v) is 22.6. The predicted molar refractivity (Wildman–Crippen MR) is 218 cm³/mol. The molecular formula is C43H59ClN4O5S. The number of ether oxygens (including phenoxy) is 3. The Morgan fingerprint density at radius 2 is 1.91 bits per heavy atom. The molecule has 2 aromatic rings. The number of hydrogen-bond acceptors (Lipinski definition) is 8. The Morgan fingerprint density at radius 1 is 1.09 bits per heavy atom. The number of nitrogens with zero attached hydrogens (tertiary/aromatic N) is 3. The lowest BCUT2D eigenvalue weighted by molar-refractivity contribution is -0.119. The Bertz CT molecular complexity index is 1840. The van der Waals surface area contributed by atoms with Crippen LogP contribution >= 0.6 is 11.6 Å². The van der Waals surface area contributed by atoms with Gasteiger partial charge in [0.2, 0.25) is 0 Å². The number of nitrogens with one attached hydrogen (secondary N) is 1. The minimum absolute atomic E-state index is 0.0320. The van der Waals surface area contributed by atoms with Gasteiger partial charge < -0.3 is 19.1 Å². The Labute approximate surface area is 327 Å². The molecule has 0 radical (unpaired) electrons. The highest BCUT2D eigenvalue weighted by Crippen LogP contribution is 2.49. The van der Waals surface area contributed by atoms with Gasteiger partial charge in [0, 0.05) is 83.9 Å². The number of halogens is 1. The molecule has 1 N–H and O–H groups in total. The van der Waals surface area contributed by atoms with Crippen molar-refractivity contribution in [2.75, 3.05) is 82.9 Å². The van der Waals surface area contributed by atoms with Crippen molar-refractivity contribution in [1.29, 1.82) is 0 Å². The summed E-state index contributed by atoms with van der Waals surface area (Å²) in [6.07, 6.45) is 9.98. The molecule has 54 heavy (non-hydrogen) atoms. The number of allylic oxidation sites excluding steroid dienone is 1. The standard InChI is InChI=1S/C43H59ClN4O5S/c1-5-53-43(28-46-17-19-47(20-18-46)36-24-51-25-36)16-14-30(2)31(3)26-54(4,50)45-41(49)33-9-13-40-39(22-33)48(23-34-8-11-38(34)43)27-42(29-52-40)15-6-7-32-21-35(44)10-12-37(32)42/h9-10,12-14,16,21-22,30-31,34,36,38H,4-8,11,15,17-20,23-29H2,1-3H3,(H,45,49,50)/b16-14+/t30-,31+,34-,38+,42-,43-,54?/m0/s1. The van der Waals surface area contributed by atoms with Gasteiger partial charge in [0.05, 0.1) is 31.5 Å². The first-order chi connectivity index (χ1) is 26.0. The van der Waals surface area contributed by atoms with E-state index in [4.69, 9.17) is 25.8 Å². The zero-order chi connectivity index (χ0) is 37.7. The third-order valence-corrected chi connectivity index (χ3v) is 15.5. The van der Waals surface area contributed by atoms with Crippen molar-refractivity contribution in [3.8, 4) is 5.75 Å². The van der Waals surface area contributed by atoms with E-state index in [1.165, 1.54) is 11.1 Å². The first-order valence-electron chi connectivity index (χ1n) is 20.3. The molecule has 1 spiro atoms. The Hall–Kier alpha value is -2.60. The van der Waals surface area contributed by atoms with E-state index in [0.717, 1.165) is 108 Å². The lowest BCUT2D eigenvalue weighted by atomic mass is 9.63. The van der Waals surface area contributed by atoms with Gasteiger partial charge in [-0.15, -0.1) is 0 Å². The monoisotopic (exact) mass is 778 g/mol. The predicted octanol–water partition coefficient (Wildman–Crippen LogP) is 5.83. The summed E-state index contributed by atoms with van der Waals surface area (Å²) in [5.41, 5.74) is 3.32. The molecule has 0 aromatic heterocycles. The van der Waals surface area contributed by atoms with Crippen molar-refractivity contribution >= 4 is 38.8 Å². The molecule has 1 amide bonds. The normalized spacial score (nSPS) is 35.8. The summed E-state index contributed by atoms with van der Waals surface area (Å²) in [5.74, 6) is 5.59. The zero-order valence-corrected chi connectivity index (χ0v) is 34.0. The van der Waals surface area contributed by atoms with Crippen molar-refractivity contribution in [3.63, 3.8) is 0 Å². The van der Waals surface area contributed by atoms with E-state index in [2.05, 4.69) is 70.3 Å². The highest BCUT2D eigenvalue weighted by molar-refractivity contribution is 7.99. The van der Waals surface area contributed by atoms with Crippen LogP contribution in [0.15, 0.2) is 48.6 Å². The smallest absolute Gasteiger partial charge is 0.262 e. The quantitative estimate of drug-likeness (QED) is 0.300.